The number of rotatable bonds is 9. The average Bonchev–Trinajstić information content (AvgIpc) is 3.10. The van der Waals surface area contributed by atoms with Crippen LogP contribution in [0.3, 0.4) is 0 Å². The van der Waals surface area contributed by atoms with Gasteiger partial charge in [-0.3, -0.25) is 20.3 Å². The first kappa shape index (κ1) is 21.5. The number of anilines is 1. The van der Waals surface area contributed by atoms with E-state index in [0.29, 0.717) is 17.2 Å². The van der Waals surface area contributed by atoms with Crippen LogP contribution in [-0.2, 0) is 11.3 Å². The molecule has 0 aliphatic rings. The lowest BCUT2D eigenvalue weighted by Crippen LogP contribution is -2.27. The van der Waals surface area contributed by atoms with Crippen LogP contribution in [0.4, 0.5) is 5.69 Å². The van der Waals surface area contributed by atoms with E-state index in [1.807, 2.05) is 31.2 Å². The van der Waals surface area contributed by atoms with Crippen molar-refractivity contribution in [2.75, 3.05) is 26.8 Å². The fourth-order valence-corrected chi connectivity index (χ4v) is 3.44. The number of nitrogens with one attached hydrogen (secondary N) is 2. The molecule has 0 unspecified atom stereocenters. The van der Waals surface area contributed by atoms with Crippen LogP contribution in [0.5, 0.6) is 17.2 Å². The zero-order valence-electron chi connectivity index (χ0n) is 17.2. The van der Waals surface area contributed by atoms with Gasteiger partial charge in [-0.05, 0) is 52.7 Å². The second kappa shape index (κ2) is 9.53. The lowest BCUT2D eigenvalue weighted by atomic mass is 10.1. The summed E-state index contributed by atoms with van der Waals surface area (Å²) < 4.78 is 17.0. The van der Waals surface area contributed by atoms with Gasteiger partial charge in [0.1, 0.15) is 5.69 Å². The highest BCUT2D eigenvalue weighted by molar-refractivity contribution is 9.10. The Balaban J connectivity index is 1.82. The minimum absolute atomic E-state index is 0.287. The van der Waals surface area contributed by atoms with Crippen LogP contribution in [0, 0.1) is 6.92 Å². The minimum Gasteiger partial charge on any atom is -0.493 e. The molecule has 0 fully saturated rings. The van der Waals surface area contributed by atoms with Gasteiger partial charge >= 0.3 is 0 Å². The Hall–Kier alpha value is -3.20. The largest absolute Gasteiger partial charge is 0.493 e. The molecule has 9 heteroatoms. The van der Waals surface area contributed by atoms with Crippen molar-refractivity contribution in [2.24, 2.45) is 0 Å². The molecule has 2 N–H and O–H groups in total. The van der Waals surface area contributed by atoms with E-state index in [4.69, 9.17) is 14.2 Å². The van der Waals surface area contributed by atoms with Gasteiger partial charge in [0.15, 0.2) is 11.5 Å². The lowest BCUT2D eigenvalue weighted by Gasteiger charge is -2.21. The maximum absolute atomic E-state index is 11.7. The fourth-order valence-electron chi connectivity index (χ4n) is 3.04. The Morgan fingerprint density at radius 2 is 1.83 bits per heavy atom. The van der Waals surface area contributed by atoms with E-state index in [2.05, 4.69) is 31.6 Å². The maximum atomic E-state index is 11.7. The number of aromatic amines is 1. The molecule has 1 heterocycles. The van der Waals surface area contributed by atoms with Crippen molar-refractivity contribution in [3.05, 3.63) is 52.1 Å². The second-order valence-corrected chi connectivity index (χ2v) is 7.26. The van der Waals surface area contributed by atoms with Crippen molar-refractivity contribution in [1.82, 2.24) is 15.2 Å². The minimum atomic E-state index is 0.287. The molecule has 0 aliphatic heterocycles. The van der Waals surface area contributed by atoms with Crippen LogP contribution < -0.4 is 19.6 Å². The molecule has 2 aromatic carbocycles. The molecule has 0 saturated heterocycles. The number of ether oxygens (including phenoxy) is 3. The van der Waals surface area contributed by atoms with Crippen molar-refractivity contribution < 1.29 is 19.0 Å². The van der Waals surface area contributed by atoms with E-state index < -0.39 is 0 Å². The summed E-state index contributed by atoms with van der Waals surface area (Å²) >= 11 is 3.54. The summed E-state index contributed by atoms with van der Waals surface area (Å²) in [5.41, 5.74) is 7.34. The molecule has 8 nitrogen and oxygen atoms in total. The summed E-state index contributed by atoms with van der Waals surface area (Å²) in [4.78, 5) is 11.7. The molecular weight excluding hydrogens is 452 g/mol. The standard InChI is InChI=1S/C21H23BrN4O4/c1-13-19(22)20(24-23-13)15-6-5-7-16(10-15)25-26(12-27)11-14-8-17(28-2)21(30-4)18(9-14)29-3/h5-10,12,25H,11H2,1-4H3,(H,23,24). The molecule has 0 bridgehead atoms. The number of benzene rings is 2. The van der Waals surface area contributed by atoms with Crippen molar-refractivity contribution in [3.8, 4) is 28.5 Å². The Kier molecular flexibility index (Phi) is 6.83. The topological polar surface area (TPSA) is 88.7 Å². The van der Waals surface area contributed by atoms with E-state index >= 15 is 0 Å². The average molecular weight is 475 g/mol. The zero-order valence-corrected chi connectivity index (χ0v) is 18.7. The predicted octanol–water partition coefficient (Wildman–Crippen LogP) is 4.16. The summed E-state index contributed by atoms with van der Waals surface area (Å²) in [5.74, 6) is 1.55. The SMILES string of the molecule is COc1cc(CN(C=O)Nc2cccc(-c3n[nH]c(C)c3Br)c2)cc(OC)c1OC. The number of hydrogen-bond acceptors (Lipinski definition) is 6. The zero-order chi connectivity index (χ0) is 21.7. The lowest BCUT2D eigenvalue weighted by molar-refractivity contribution is -0.117. The number of aromatic nitrogens is 2. The molecule has 1 amide bonds. The number of hydrogen-bond donors (Lipinski definition) is 2. The van der Waals surface area contributed by atoms with Crippen molar-refractivity contribution in [2.45, 2.75) is 13.5 Å². The number of aryl methyl sites for hydroxylation is 1. The Bertz CT molecular complexity index is 1010. The summed E-state index contributed by atoms with van der Waals surface area (Å²) in [6.07, 6.45) is 0.727. The normalized spacial score (nSPS) is 10.4. The molecule has 3 aromatic rings. The van der Waals surface area contributed by atoms with Gasteiger partial charge in [-0.2, -0.15) is 5.10 Å². The predicted molar refractivity (Wildman–Crippen MR) is 118 cm³/mol. The Morgan fingerprint density at radius 1 is 1.13 bits per heavy atom. The number of halogens is 1. The Morgan fingerprint density at radius 3 is 2.37 bits per heavy atom. The first-order valence-electron chi connectivity index (χ1n) is 9.09. The number of methoxy groups -OCH3 is 3. The van der Waals surface area contributed by atoms with Crippen LogP contribution in [0.25, 0.3) is 11.3 Å². The second-order valence-electron chi connectivity index (χ2n) is 6.47. The number of amides is 1. The number of carbonyl (C=O) groups excluding carboxylic acids is 1. The van der Waals surface area contributed by atoms with E-state index in [1.54, 1.807) is 33.5 Å². The Labute approximate surface area is 183 Å². The highest BCUT2D eigenvalue weighted by Crippen LogP contribution is 2.38. The fraction of sp³-hybridized carbons (Fsp3) is 0.238. The highest BCUT2D eigenvalue weighted by Gasteiger charge is 2.15. The summed E-state index contributed by atoms with van der Waals surface area (Å²) in [6, 6.07) is 11.3. The highest BCUT2D eigenvalue weighted by atomic mass is 79.9. The molecular formula is C21H23BrN4O4. The third-order valence-electron chi connectivity index (χ3n) is 4.49. The quantitative estimate of drug-likeness (QED) is 0.357. The molecule has 0 saturated carbocycles. The van der Waals surface area contributed by atoms with Gasteiger partial charge in [0, 0.05) is 11.3 Å². The van der Waals surface area contributed by atoms with Gasteiger partial charge in [-0.1, -0.05) is 12.1 Å². The molecule has 1 aromatic heterocycles. The molecule has 3 rings (SSSR count). The molecule has 0 atom stereocenters. The van der Waals surface area contributed by atoms with Crippen LogP contribution in [0.2, 0.25) is 0 Å². The maximum Gasteiger partial charge on any atom is 0.228 e. The number of carbonyl (C=O) groups is 1. The van der Waals surface area contributed by atoms with Crippen LogP contribution >= 0.6 is 15.9 Å². The molecule has 0 radical (unpaired) electrons. The summed E-state index contributed by atoms with van der Waals surface area (Å²) in [6.45, 7) is 2.23. The van der Waals surface area contributed by atoms with Gasteiger partial charge in [0.05, 0.1) is 38.0 Å². The van der Waals surface area contributed by atoms with Crippen molar-refractivity contribution >= 4 is 28.0 Å². The van der Waals surface area contributed by atoms with Crippen molar-refractivity contribution in [1.29, 1.82) is 0 Å². The first-order chi connectivity index (χ1) is 14.5. The van der Waals surface area contributed by atoms with Gasteiger partial charge in [0.25, 0.3) is 0 Å². The number of nitrogens with zero attached hydrogens (tertiary/aromatic N) is 2. The van der Waals surface area contributed by atoms with E-state index in [0.717, 1.165) is 39.1 Å². The van der Waals surface area contributed by atoms with Gasteiger partial charge in [0.2, 0.25) is 12.2 Å². The molecule has 30 heavy (non-hydrogen) atoms. The monoisotopic (exact) mass is 474 g/mol. The van der Waals surface area contributed by atoms with E-state index in [1.165, 1.54) is 5.01 Å². The van der Waals surface area contributed by atoms with E-state index in [-0.39, 0.29) is 6.54 Å². The van der Waals surface area contributed by atoms with Crippen LogP contribution in [0.15, 0.2) is 40.9 Å². The van der Waals surface area contributed by atoms with Gasteiger partial charge in [-0.25, -0.2) is 0 Å². The third-order valence-corrected chi connectivity index (χ3v) is 5.46. The van der Waals surface area contributed by atoms with Crippen LogP contribution in [0.1, 0.15) is 11.3 Å². The smallest absolute Gasteiger partial charge is 0.228 e. The molecule has 0 aliphatic carbocycles. The summed E-state index contributed by atoms with van der Waals surface area (Å²) in [7, 11) is 4.65. The van der Waals surface area contributed by atoms with Gasteiger partial charge in [-0.15, -0.1) is 0 Å². The number of hydrazine groups is 1. The first-order valence-corrected chi connectivity index (χ1v) is 9.88. The molecule has 158 valence electrons. The van der Waals surface area contributed by atoms with E-state index in [9.17, 15) is 4.79 Å². The number of H-pyrrole nitrogens is 1. The molecule has 0 spiro atoms. The van der Waals surface area contributed by atoms with Gasteiger partial charge < -0.3 is 14.2 Å². The third kappa shape index (κ3) is 4.51. The van der Waals surface area contributed by atoms with Crippen LogP contribution in [-0.4, -0.2) is 42.9 Å². The summed E-state index contributed by atoms with van der Waals surface area (Å²) in [5, 5.41) is 8.71. The van der Waals surface area contributed by atoms with Crippen molar-refractivity contribution in [3.63, 3.8) is 0 Å².